The lowest BCUT2D eigenvalue weighted by molar-refractivity contribution is 0.333. The van der Waals surface area contributed by atoms with Gasteiger partial charge in [-0.25, -0.2) is 8.78 Å². The highest BCUT2D eigenvalue weighted by atomic mass is 35.8. The molecule has 15 heavy (non-hydrogen) atoms. The van der Waals surface area contributed by atoms with E-state index >= 15 is 0 Å². The SMILES string of the molecule is Fc1cccc(C(F)CC[Si](Cl)(Cl)Cl)c1. The van der Waals surface area contributed by atoms with Crippen molar-refractivity contribution in [1.82, 2.24) is 0 Å². The molecule has 84 valence electrons. The van der Waals surface area contributed by atoms with Gasteiger partial charge in [-0.05, 0) is 30.2 Å². The number of halogens is 5. The fourth-order valence-electron chi connectivity index (χ4n) is 1.16. The van der Waals surface area contributed by atoms with Crippen LogP contribution in [0.1, 0.15) is 18.2 Å². The summed E-state index contributed by atoms with van der Waals surface area (Å²) in [5, 5.41) is 0. The van der Waals surface area contributed by atoms with Gasteiger partial charge >= 0.3 is 6.00 Å². The first-order valence-electron chi connectivity index (χ1n) is 4.35. The Balaban J connectivity index is 2.58. The highest BCUT2D eigenvalue weighted by molar-refractivity contribution is 7.64. The van der Waals surface area contributed by atoms with Gasteiger partial charge in [0, 0.05) is 0 Å². The van der Waals surface area contributed by atoms with Crippen molar-refractivity contribution in [3.63, 3.8) is 0 Å². The maximum absolute atomic E-state index is 13.5. The van der Waals surface area contributed by atoms with E-state index in [4.69, 9.17) is 33.2 Å². The van der Waals surface area contributed by atoms with Crippen LogP contribution in [0.15, 0.2) is 24.3 Å². The Morgan fingerprint density at radius 1 is 1.27 bits per heavy atom. The molecular weight excluding hydrogens is 281 g/mol. The topological polar surface area (TPSA) is 0 Å². The van der Waals surface area contributed by atoms with Gasteiger partial charge in [0.05, 0.1) is 0 Å². The van der Waals surface area contributed by atoms with E-state index in [-0.39, 0.29) is 12.5 Å². The maximum Gasteiger partial charge on any atom is 0.341 e. The molecule has 1 rings (SSSR count). The van der Waals surface area contributed by atoms with Crippen LogP contribution < -0.4 is 0 Å². The van der Waals surface area contributed by atoms with E-state index < -0.39 is 18.0 Å². The Kier molecular flexibility index (Phi) is 4.84. The Hall–Kier alpha value is 0.167. The molecule has 0 N–H and O–H groups in total. The fraction of sp³-hybridized carbons (Fsp3) is 0.333. The Morgan fingerprint density at radius 2 is 1.93 bits per heavy atom. The van der Waals surface area contributed by atoms with Crippen LogP contribution in [0.4, 0.5) is 8.78 Å². The van der Waals surface area contributed by atoms with Crippen molar-refractivity contribution < 1.29 is 8.78 Å². The number of benzene rings is 1. The molecule has 0 fully saturated rings. The summed E-state index contributed by atoms with van der Waals surface area (Å²) in [7, 11) is 0. The summed E-state index contributed by atoms with van der Waals surface area (Å²) < 4.78 is 26.3. The molecule has 0 saturated heterocycles. The third-order valence-corrected chi connectivity index (χ3v) is 4.45. The van der Waals surface area contributed by atoms with E-state index in [0.717, 1.165) is 6.07 Å². The summed E-state index contributed by atoms with van der Waals surface area (Å²) in [6.45, 7) is 0. The van der Waals surface area contributed by atoms with Gasteiger partial charge in [-0.2, -0.15) is 0 Å². The highest BCUT2D eigenvalue weighted by Gasteiger charge is 2.26. The molecule has 0 aliphatic carbocycles. The maximum atomic E-state index is 13.5. The molecule has 0 aromatic heterocycles. The van der Waals surface area contributed by atoms with Crippen molar-refractivity contribution in [3.8, 4) is 0 Å². The molecule has 6 heteroatoms. The van der Waals surface area contributed by atoms with Crippen molar-refractivity contribution in [1.29, 1.82) is 0 Å². The monoisotopic (exact) mass is 288 g/mol. The number of hydrogen-bond acceptors (Lipinski definition) is 0. The zero-order chi connectivity index (χ0) is 11.5. The van der Waals surface area contributed by atoms with Crippen LogP contribution in [0.25, 0.3) is 0 Å². The van der Waals surface area contributed by atoms with Crippen LogP contribution in [-0.4, -0.2) is 6.00 Å². The molecule has 0 spiro atoms. The van der Waals surface area contributed by atoms with Gasteiger partial charge in [-0.3, -0.25) is 0 Å². The van der Waals surface area contributed by atoms with E-state index in [1.165, 1.54) is 18.2 Å². The summed E-state index contributed by atoms with van der Waals surface area (Å²) >= 11 is 16.9. The van der Waals surface area contributed by atoms with Crippen molar-refractivity contribution in [2.75, 3.05) is 0 Å². The minimum atomic E-state index is -2.78. The molecule has 0 nitrogen and oxygen atoms in total. The average Bonchev–Trinajstić information content (AvgIpc) is 2.13. The van der Waals surface area contributed by atoms with Crippen LogP contribution in [0.3, 0.4) is 0 Å². The van der Waals surface area contributed by atoms with Gasteiger partial charge < -0.3 is 0 Å². The third-order valence-electron chi connectivity index (χ3n) is 1.89. The smallest absolute Gasteiger partial charge is 0.242 e. The molecule has 1 atom stereocenters. The van der Waals surface area contributed by atoms with Crippen LogP contribution in [-0.2, 0) is 0 Å². The minimum absolute atomic E-state index is 0.117. The largest absolute Gasteiger partial charge is 0.341 e. The lowest BCUT2D eigenvalue weighted by Crippen LogP contribution is -2.09. The Morgan fingerprint density at radius 3 is 2.47 bits per heavy atom. The number of hydrogen-bond donors (Lipinski definition) is 0. The molecular formula is C9H9Cl3F2Si. The van der Waals surface area contributed by atoms with Gasteiger partial charge in [0.1, 0.15) is 12.0 Å². The minimum Gasteiger partial charge on any atom is -0.242 e. The predicted molar refractivity (Wildman–Crippen MR) is 63.0 cm³/mol. The molecule has 0 saturated carbocycles. The second kappa shape index (κ2) is 5.48. The normalized spacial score (nSPS) is 13.9. The quantitative estimate of drug-likeness (QED) is 0.547. The molecule has 1 aromatic carbocycles. The number of rotatable bonds is 4. The molecule has 0 heterocycles. The lowest BCUT2D eigenvalue weighted by atomic mass is 10.1. The van der Waals surface area contributed by atoms with E-state index in [2.05, 4.69) is 0 Å². The van der Waals surface area contributed by atoms with Crippen molar-refractivity contribution >= 4 is 39.2 Å². The summed E-state index contributed by atoms with van der Waals surface area (Å²) in [4.78, 5) is 0. The summed E-state index contributed by atoms with van der Waals surface area (Å²) in [6.07, 6.45) is -1.16. The van der Waals surface area contributed by atoms with E-state index in [9.17, 15) is 8.78 Å². The van der Waals surface area contributed by atoms with E-state index in [1.54, 1.807) is 0 Å². The number of alkyl halides is 1. The first-order chi connectivity index (χ1) is 6.88. The first-order valence-corrected chi connectivity index (χ1v) is 9.59. The Bertz CT molecular complexity index is 327. The fourth-order valence-corrected chi connectivity index (χ4v) is 2.72. The Labute approximate surface area is 102 Å². The first kappa shape index (κ1) is 13.2. The third kappa shape index (κ3) is 5.16. The summed E-state index contributed by atoms with van der Waals surface area (Å²) in [6, 6.07) is 2.85. The zero-order valence-corrected chi connectivity index (χ0v) is 11.0. The standard InChI is InChI=1S/C9H9Cl3F2Si/c10-15(11,12)5-4-9(14)7-2-1-3-8(13)6-7/h1-3,6,9H,4-5H2. The molecule has 0 aliphatic rings. The highest BCUT2D eigenvalue weighted by Crippen LogP contribution is 2.32. The van der Waals surface area contributed by atoms with Gasteiger partial charge in [0.25, 0.3) is 0 Å². The van der Waals surface area contributed by atoms with Crippen molar-refractivity contribution in [2.24, 2.45) is 0 Å². The van der Waals surface area contributed by atoms with Crippen LogP contribution >= 0.6 is 33.2 Å². The molecule has 0 bridgehead atoms. The predicted octanol–water partition coefficient (Wildman–Crippen LogP) is 4.88. The molecule has 0 aliphatic heterocycles. The molecule has 1 unspecified atom stereocenters. The van der Waals surface area contributed by atoms with E-state index in [0.29, 0.717) is 5.56 Å². The van der Waals surface area contributed by atoms with E-state index in [1.807, 2.05) is 0 Å². The lowest BCUT2D eigenvalue weighted by Gasteiger charge is -2.11. The van der Waals surface area contributed by atoms with Gasteiger partial charge in [0.2, 0.25) is 0 Å². The average molecular weight is 290 g/mol. The van der Waals surface area contributed by atoms with Crippen LogP contribution in [0.2, 0.25) is 6.04 Å². The van der Waals surface area contributed by atoms with Gasteiger partial charge in [-0.1, -0.05) is 12.1 Å². The second-order valence-corrected chi connectivity index (χ2v) is 12.5. The van der Waals surface area contributed by atoms with Gasteiger partial charge in [0.15, 0.2) is 0 Å². The summed E-state index contributed by atoms with van der Waals surface area (Å²) in [5.41, 5.74) is 0.290. The molecule has 0 radical (unpaired) electrons. The zero-order valence-electron chi connectivity index (χ0n) is 7.69. The van der Waals surface area contributed by atoms with Crippen molar-refractivity contribution in [2.45, 2.75) is 18.6 Å². The van der Waals surface area contributed by atoms with Crippen molar-refractivity contribution in [3.05, 3.63) is 35.6 Å². The van der Waals surface area contributed by atoms with Crippen LogP contribution in [0, 0.1) is 5.82 Å². The second-order valence-electron chi connectivity index (χ2n) is 3.18. The van der Waals surface area contributed by atoms with Crippen LogP contribution in [0.5, 0.6) is 0 Å². The molecule has 0 amide bonds. The van der Waals surface area contributed by atoms with Gasteiger partial charge in [-0.15, -0.1) is 33.2 Å². The summed E-state index contributed by atoms with van der Waals surface area (Å²) in [5.74, 6) is -0.457. The molecule has 1 aromatic rings.